The van der Waals surface area contributed by atoms with Crippen molar-refractivity contribution < 1.29 is 27.1 Å². The Bertz CT molecular complexity index is 1340. The van der Waals surface area contributed by atoms with Crippen LogP contribution in [0.2, 0.25) is 0 Å². The number of H-pyrrole nitrogens is 1. The van der Waals surface area contributed by atoms with Crippen LogP contribution >= 0.6 is 0 Å². The number of halogens is 1. The minimum Gasteiger partial charge on any atom is -0.496 e. The van der Waals surface area contributed by atoms with Crippen molar-refractivity contribution in [2.24, 2.45) is 0 Å². The summed E-state index contributed by atoms with van der Waals surface area (Å²) in [6, 6.07) is 6.05. The average Bonchev–Trinajstić information content (AvgIpc) is 3.23. The fourth-order valence-electron chi connectivity index (χ4n) is 3.64. The third-order valence-corrected chi connectivity index (χ3v) is 6.62. The fraction of sp³-hybridized carbons (Fsp3) is 0.286. The van der Waals surface area contributed by atoms with Gasteiger partial charge in [-0.05, 0) is 43.2 Å². The van der Waals surface area contributed by atoms with Gasteiger partial charge in [0, 0.05) is 29.7 Å². The Labute approximate surface area is 189 Å². The van der Waals surface area contributed by atoms with Gasteiger partial charge >= 0.3 is 16.3 Å². The number of hydrogen-bond donors (Lipinski definition) is 2. The Morgan fingerprint density at radius 1 is 1.30 bits per heavy atom. The van der Waals surface area contributed by atoms with Crippen molar-refractivity contribution in [3.8, 4) is 17.0 Å². The van der Waals surface area contributed by atoms with Gasteiger partial charge in [0.15, 0.2) is 0 Å². The summed E-state index contributed by atoms with van der Waals surface area (Å²) in [4.78, 5) is 23.3. The second-order valence-electron chi connectivity index (χ2n) is 7.18. The molecule has 3 heterocycles. The van der Waals surface area contributed by atoms with Gasteiger partial charge in [0.25, 0.3) is 0 Å². The van der Waals surface area contributed by atoms with Crippen LogP contribution in [0.25, 0.3) is 27.9 Å². The van der Waals surface area contributed by atoms with E-state index in [0.29, 0.717) is 34.5 Å². The van der Waals surface area contributed by atoms with E-state index in [2.05, 4.69) is 19.7 Å². The van der Waals surface area contributed by atoms with Crippen LogP contribution in [0, 0.1) is 5.82 Å². The summed E-state index contributed by atoms with van der Waals surface area (Å²) in [5.74, 6) is 0.0621. The van der Waals surface area contributed by atoms with Gasteiger partial charge in [0.2, 0.25) is 0 Å². The highest BCUT2D eigenvalue weighted by molar-refractivity contribution is 7.87. The number of amides is 1. The lowest BCUT2D eigenvalue weighted by Crippen LogP contribution is -2.45. The number of nitrogens with zero attached hydrogens (tertiary/aromatic N) is 3. The Kier molecular flexibility index (Phi) is 6.29. The smallest absolute Gasteiger partial charge is 0.421 e. The van der Waals surface area contributed by atoms with Gasteiger partial charge in [-0.25, -0.2) is 23.9 Å². The van der Waals surface area contributed by atoms with Crippen LogP contribution in [0.1, 0.15) is 19.0 Å². The highest BCUT2D eigenvalue weighted by Gasteiger charge is 2.27. The van der Waals surface area contributed by atoms with Crippen LogP contribution in [0.3, 0.4) is 0 Å². The van der Waals surface area contributed by atoms with E-state index < -0.39 is 22.1 Å². The number of ether oxygens (including phenoxy) is 2. The first-order chi connectivity index (χ1) is 15.8. The van der Waals surface area contributed by atoms with Crippen molar-refractivity contribution in [2.45, 2.75) is 13.3 Å². The number of hydrogen-bond acceptors (Lipinski definition) is 7. The maximum atomic E-state index is 13.9. The predicted molar refractivity (Wildman–Crippen MR) is 119 cm³/mol. The highest BCUT2D eigenvalue weighted by atomic mass is 32.2. The quantitative estimate of drug-likeness (QED) is 0.561. The van der Waals surface area contributed by atoms with E-state index in [1.165, 1.54) is 31.6 Å². The first kappa shape index (κ1) is 22.7. The first-order valence-electron chi connectivity index (χ1n) is 10.1. The molecule has 1 aliphatic heterocycles. The maximum absolute atomic E-state index is 13.9. The van der Waals surface area contributed by atoms with Gasteiger partial charge in [-0.2, -0.15) is 12.7 Å². The van der Waals surface area contributed by atoms with E-state index in [4.69, 9.17) is 4.74 Å². The molecule has 1 aliphatic rings. The molecule has 174 valence electrons. The second-order valence-corrected chi connectivity index (χ2v) is 8.85. The van der Waals surface area contributed by atoms with Crippen LogP contribution in [0.15, 0.2) is 36.7 Å². The van der Waals surface area contributed by atoms with Crippen LogP contribution in [0.4, 0.5) is 9.18 Å². The topological polar surface area (TPSA) is 127 Å². The standard InChI is InChI=1S/C21H22FN5O5S/c1-3-32-21(28)26-33(29,30)27-8-6-13(7-9-27)17-11-16-19(23-12-24-20(16)25-17)15-10-14(22)4-5-18(15)31-2/h4-6,10-12H,3,7-9H2,1-2H3,(H,26,28)(H,23,24,25). The number of carbonyl (C=O) groups excluding carboxylic acids is 1. The number of aromatic amines is 1. The van der Waals surface area contributed by atoms with Crippen molar-refractivity contribution in [3.05, 3.63) is 48.2 Å². The van der Waals surface area contributed by atoms with Gasteiger partial charge in [-0.3, -0.25) is 0 Å². The molecule has 3 aromatic rings. The Morgan fingerprint density at radius 3 is 2.82 bits per heavy atom. The molecule has 0 radical (unpaired) electrons. The number of rotatable bonds is 6. The summed E-state index contributed by atoms with van der Waals surface area (Å²) < 4.78 is 51.7. The monoisotopic (exact) mass is 475 g/mol. The molecule has 0 fully saturated rings. The summed E-state index contributed by atoms with van der Waals surface area (Å²) >= 11 is 0. The fourth-order valence-corrected chi connectivity index (χ4v) is 4.64. The summed E-state index contributed by atoms with van der Waals surface area (Å²) in [5.41, 5.74) is 3.19. The van der Waals surface area contributed by atoms with E-state index in [9.17, 15) is 17.6 Å². The Balaban J connectivity index is 1.62. The molecular weight excluding hydrogens is 453 g/mol. The number of aromatic nitrogens is 3. The molecule has 0 aliphatic carbocycles. The van der Waals surface area contributed by atoms with E-state index in [-0.39, 0.29) is 19.7 Å². The highest BCUT2D eigenvalue weighted by Crippen LogP contribution is 2.35. The van der Waals surface area contributed by atoms with Gasteiger partial charge in [0.05, 0.1) is 19.4 Å². The summed E-state index contributed by atoms with van der Waals surface area (Å²) in [7, 11) is -2.51. The molecule has 12 heteroatoms. The molecule has 0 unspecified atom stereocenters. The maximum Gasteiger partial charge on any atom is 0.421 e. The van der Waals surface area contributed by atoms with Crippen LogP contribution in [0.5, 0.6) is 5.75 Å². The largest absolute Gasteiger partial charge is 0.496 e. The minimum absolute atomic E-state index is 0.0676. The van der Waals surface area contributed by atoms with Gasteiger partial charge in [0.1, 0.15) is 23.5 Å². The SMILES string of the molecule is CCOC(=O)NS(=O)(=O)N1CC=C(c2cc3c(-c4cc(F)ccc4OC)ncnc3[nH]2)CC1. The van der Waals surface area contributed by atoms with Crippen LogP contribution in [-0.4, -0.2) is 60.6 Å². The average molecular weight is 476 g/mol. The third kappa shape index (κ3) is 4.66. The van der Waals surface area contributed by atoms with Gasteiger partial charge < -0.3 is 14.5 Å². The van der Waals surface area contributed by atoms with E-state index in [1.54, 1.807) is 13.0 Å². The van der Waals surface area contributed by atoms with Gasteiger partial charge in [-0.15, -0.1) is 0 Å². The van der Waals surface area contributed by atoms with Crippen molar-refractivity contribution in [1.29, 1.82) is 0 Å². The van der Waals surface area contributed by atoms with Crippen LogP contribution in [-0.2, 0) is 14.9 Å². The molecule has 0 saturated carbocycles. The predicted octanol–water partition coefficient (Wildman–Crippen LogP) is 2.85. The lowest BCUT2D eigenvalue weighted by atomic mass is 10.0. The van der Waals surface area contributed by atoms with Crippen molar-refractivity contribution in [2.75, 3.05) is 26.8 Å². The molecule has 2 aromatic heterocycles. The summed E-state index contributed by atoms with van der Waals surface area (Å²) in [5, 5.41) is 0.677. The molecule has 0 saturated heterocycles. The molecule has 10 nitrogen and oxygen atoms in total. The Hall–Kier alpha value is -3.51. The molecule has 0 spiro atoms. The molecule has 4 rings (SSSR count). The lowest BCUT2D eigenvalue weighted by Gasteiger charge is -2.25. The molecule has 1 aromatic carbocycles. The van der Waals surface area contributed by atoms with E-state index in [1.807, 2.05) is 10.8 Å². The normalized spacial score (nSPS) is 14.7. The lowest BCUT2D eigenvalue weighted by molar-refractivity contribution is 0.158. The second kappa shape index (κ2) is 9.16. The minimum atomic E-state index is -4.01. The number of benzene rings is 1. The first-order valence-corrected chi connectivity index (χ1v) is 11.6. The van der Waals surface area contributed by atoms with Crippen molar-refractivity contribution in [1.82, 2.24) is 24.0 Å². The molecule has 0 atom stereocenters. The number of fused-ring (bicyclic) bond motifs is 1. The summed E-state index contributed by atoms with van der Waals surface area (Å²) in [6.45, 7) is 1.91. The van der Waals surface area contributed by atoms with Crippen molar-refractivity contribution in [3.63, 3.8) is 0 Å². The Morgan fingerprint density at radius 2 is 2.12 bits per heavy atom. The zero-order chi connectivity index (χ0) is 23.6. The van der Waals surface area contributed by atoms with Crippen molar-refractivity contribution >= 4 is 32.9 Å². The molecular formula is C21H22FN5O5S. The van der Waals surface area contributed by atoms with Gasteiger partial charge in [-0.1, -0.05) is 6.08 Å². The molecule has 2 N–H and O–H groups in total. The van der Waals surface area contributed by atoms with E-state index >= 15 is 0 Å². The molecule has 0 bridgehead atoms. The number of nitrogens with one attached hydrogen (secondary N) is 2. The zero-order valence-electron chi connectivity index (χ0n) is 18.0. The zero-order valence-corrected chi connectivity index (χ0v) is 18.8. The van der Waals surface area contributed by atoms with E-state index in [0.717, 1.165) is 15.6 Å². The molecule has 33 heavy (non-hydrogen) atoms. The molecule has 1 amide bonds. The number of carbonyl (C=O) groups is 1. The number of methoxy groups -OCH3 is 1. The third-order valence-electron chi connectivity index (χ3n) is 5.19. The van der Waals surface area contributed by atoms with Crippen LogP contribution < -0.4 is 9.46 Å². The summed E-state index contributed by atoms with van der Waals surface area (Å²) in [6.07, 6.45) is 2.53.